The third-order valence-electron chi connectivity index (χ3n) is 5.10. The van der Waals surface area contributed by atoms with Gasteiger partial charge in [0.15, 0.2) is 0 Å². The zero-order valence-corrected chi connectivity index (χ0v) is 15.1. The Balaban J connectivity index is 1.55. The summed E-state index contributed by atoms with van der Waals surface area (Å²) < 4.78 is 0. The summed E-state index contributed by atoms with van der Waals surface area (Å²) in [5.41, 5.74) is 3.71. The van der Waals surface area contributed by atoms with Crippen LogP contribution in [0.25, 0.3) is 10.9 Å². The fourth-order valence-corrected chi connectivity index (χ4v) is 3.76. The van der Waals surface area contributed by atoms with Crippen LogP contribution in [-0.4, -0.2) is 34.8 Å². The molecule has 5 heteroatoms. The van der Waals surface area contributed by atoms with Crippen LogP contribution in [0, 0.1) is 0 Å². The van der Waals surface area contributed by atoms with E-state index in [9.17, 15) is 9.59 Å². The number of hydrogen-bond donors (Lipinski definition) is 2. The summed E-state index contributed by atoms with van der Waals surface area (Å²) in [6, 6.07) is 8.47. The van der Waals surface area contributed by atoms with Crippen LogP contribution in [0.1, 0.15) is 56.8 Å². The fraction of sp³-hybridized carbons (Fsp3) is 0.500. The molecule has 2 amide bonds. The summed E-state index contributed by atoms with van der Waals surface area (Å²) in [5.74, 6) is 0.240. The normalized spacial score (nSPS) is 16.7. The van der Waals surface area contributed by atoms with Gasteiger partial charge in [-0.05, 0) is 37.8 Å². The molecule has 0 saturated carbocycles. The van der Waals surface area contributed by atoms with Gasteiger partial charge in [0.2, 0.25) is 11.8 Å². The second-order valence-corrected chi connectivity index (χ2v) is 6.87. The number of nitrogens with zero attached hydrogens (tertiary/aromatic N) is 1. The van der Waals surface area contributed by atoms with E-state index in [0.717, 1.165) is 37.7 Å². The minimum Gasteiger partial charge on any atom is -0.356 e. The molecule has 0 bridgehead atoms. The monoisotopic (exact) mass is 341 g/mol. The maximum Gasteiger partial charge on any atom is 0.223 e. The van der Waals surface area contributed by atoms with Crippen LogP contribution in [0.2, 0.25) is 0 Å². The zero-order chi connectivity index (χ0) is 17.8. The standard InChI is InChI=1S/C20H27N3O2/c1-14-20-17(16-8-5-6-9-18(16)22-20)11-13-23(14)19(25)10-4-3-7-12-21-15(2)24/h5-6,8-9,14,22H,3-4,7,10-13H2,1-2H3,(H,21,24)/t14-/m1/s1. The molecule has 2 heterocycles. The Hall–Kier alpha value is -2.30. The summed E-state index contributed by atoms with van der Waals surface area (Å²) in [6.07, 6.45) is 4.26. The van der Waals surface area contributed by atoms with Crippen molar-refractivity contribution in [2.24, 2.45) is 0 Å². The highest BCUT2D eigenvalue weighted by atomic mass is 16.2. The van der Waals surface area contributed by atoms with Crippen molar-refractivity contribution < 1.29 is 9.59 Å². The Bertz CT molecular complexity index is 765. The van der Waals surface area contributed by atoms with Crippen LogP contribution in [-0.2, 0) is 16.0 Å². The number of rotatable bonds is 6. The summed E-state index contributed by atoms with van der Waals surface area (Å²) >= 11 is 0. The highest BCUT2D eigenvalue weighted by Crippen LogP contribution is 2.34. The topological polar surface area (TPSA) is 65.2 Å². The molecule has 1 aliphatic rings. The van der Waals surface area contributed by atoms with Crippen molar-refractivity contribution >= 4 is 22.7 Å². The Morgan fingerprint density at radius 1 is 1.24 bits per heavy atom. The molecule has 25 heavy (non-hydrogen) atoms. The van der Waals surface area contributed by atoms with Gasteiger partial charge in [-0.1, -0.05) is 24.6 Å². The number of nitrogens with one attached hydrogen (secondary N) is 2. The first-order valence-corrected chi connectivity index (χ1v) is 9.21. The fourth-order valence-electron chi connectivity index (χ4n) is 3.76. The van der Waals surface area contributed by atoms with Gasteiger partial charge >= 0.3 is 0 Å². The number of unbranched alkanes of at least 4 members (excludes halogenated alkanes) is 2. The number of carbonyl (C=O) groups is 2. The van der Waals surface area contributed by atoms with Crippen molar-refractivity contribution in [2.75, 3.05) is 13.1 Å². The molecule has 0 unspecified atom stereocenters. The Morgan fingerprint density at radius 2 is 2.04 bits per heavy atom. The van der Waals surface area contributed by atoms with Gasteiger partial charge in [-0.3, -0.25) is 9.59 Å². The molecule has 0 aliphatic carbocycles. The van der Waals surface area contributed by atoms with E-state index in [1.54, 1.807) is 0 Å². The van der Waals surface area contributed by atoms with Crippen molar-refractivity contribution in [1.82, 2.24) is 15.2 Å². The lowest BCUT2D eigenvalue weighted by molar-refractivity contribution is -0.134. The Kier molecular flexibility index (Phi) is 5.41. The SMILES string of the molecule is CC(=O)NCCCCCC(=O)N1CCc2c([nH]c3ccccc23)[C@H]1C. The van der Waals surface area contributed by atoms with E-state index in [2.05, 4.69) is 35.4 Å². The van der Waals surface area contributed by atoms with E-state index >= 15 is 0 Å². The minimum absolute atomic E-state index is 0.00681. The first-order chi connectivity index (χ1) is 12.1. The van der Waals surface area contributed by atoms with Gasteiger partial charge in [-0.25, -0.2) is 0 Å². The van der Waals surface area contributed by atoms with Crippen molar-refractivity contribution in [1.29, 1.82) is 0 Å². The molecule has 5 nitrogen and oxygen atoms in total. The van der Waals surface area contributed by atoms with Crippen LogP contribution in [0.3, 0.4) is 0 Å². The quantitative estimate of drug-likeness (QED) is 0.792. The number of fused-ring (bicyclic) bond motifs is 3. The molecule has 0 fully saturated rings. The molecule has 0 saturated heterocycles. The molecule has 0 radical (unpaired) electrons. The average Bonchev–Trinajstić information content (AvgIpc) is 2.97. The van der Waals surface area contributed by atoms with E-state index in [-0.39, 0.29) is 17.9 Å². The molecule has 134 valence electrons. The van der Waals surface area contributed by atoms with Crippen LogP contribution in [0.15, 0.2) is 24.3 Å². The number of H-pyrrole nitrogens is 1. The summed E-state index contributed by atoms with van der Waals surface area (Å²) in [6.45, 7) is 5.13. The molecule has 1 atom stereocenters. The van der Waals surface area contributed by atoms with Gasteiger partial charge in [0.25, 0.3) is 0 Å². The number of carbonyl (C=O) groups excluding carboxylic acids is 2. The largest absolute Gasteiger partial charge is 0.356 e. The van der Waals surface area contributed by atoms with E-state index < -0.39 is 0 Å². The van der Waals surface area contributed by atoms with Gasteiger partial charge in [-0.2, -0.15) is 0 Å². The number of amides is 2. The number of aromatic nitrogens is 1. The first-order valence-electron chi connectivity index (χ1n) is 9.21. The highest BCUT2D eigenvalue weighted by Gasteiger charge is 2.29. The highest BCUT2D eigenvalue weighted by molar-refractivity contribution is 5.86. The molecular formula is C20H27N3O2. The minimum atomic E-state index is 0.00681. The van der Waals surface area contributed by atoms with Crippen molar-refractivity contribution in [2.45, 2.75) is 52.0 Å². The molecular weight excluding hydrogens is 314 g/mol. The number of aromatic amines is 1. The Labute approximate surface area is 148 Å². The third-order valence-corrected chi connectivity index (χ3v) is 5.10. The van der Waals surface area contributed by atoms with Crippen molar-refractivity contribution in [3.63, 3.8) is 0 Å². The predicted molar refractivity (Wildman–Crippen MR) is 99.3 cm³/mol. The van der Waals surface area contributed by atoms with Crippen LogP contribution in [0.4, 0.5) is 0 Å². The molecule has 2 N–H and O–H groups in total. The molecule has 3 rings (SSSR count). The number of hydrogen-bond acceptors (Lipinski definition) is 2. The molecule has 1 aromatic heterocycles. The summed E-state index contributed by atoms with van der Waals surface area (Å²) in [5, 5.41) is 4.08. The summed E-state index contributed by atoms with van der Waals surface area (Å²) in [4.78, 5) is 29.0. The van der Waals surface area contributed by atoms with Gasteiger partial charge < -0.3 is 15.2 Å². The predicted octanol–water partition coefficient (Wildman–Crippen LogP) is 3.31. The second-order valence-electron chi connectivity index (χ2n) is 6.87. The van der Waals surface area contributed by atoms with E-state index in [1.165, 1.54) is 23.6 Å². The molecule has 1 aromatic carbocycles. The number of benzene rings is 1. The van der Waals surface area contributed by atoms with Crippen LogP contribution in [0.5, 0.6) is 0 Å². The van der Waals surface area contributed by atoms with Gasteiger partial charge in [0.1, 0.15) is 0 Å². The van der Waals surface area contributed by atoms with Gasteiger partial charge in [0, 0.05) is 43.0 Å². The second kappa shape index (κ2) is 7.72. The van der Waals surface area contributed by atoms with Crippen molar-refractivity contribution in [3.05, 3.63) is 35.5 Å². The molecule has 1 aliphatic heterocycles. The first kappa shape index (κ1) is 17.5. The lowest BCUT2D eigenvalue weighted by Gasteiger charge is -2.33. The van der Waals surface area contributed by atoms with E-state index in [1.807, 2.05) is 11.0 Å². The van der Waals surface area contributed by atoms with Gasteiger partial charge in [-0.15, -0.1) is 0 Å². The maximum atomic E-state index is 12.6. The van der Waals surface area contributed by atoms with E-state index in [0.29, 0.717) is 13.0 Å². The van der Waals surface area contributed by atoms with Crippen molar-refractivity contribution in [3.8, 4) is 0 Å². The Morgan fingerprint density at radius 3 is 2.84 bits per heavy atom. The lowest BCUT2D eigenvalue weighted by Crippen LogP contribution is -2.38. The van der Waals surface area contributed by atoms with E-state index in [4.69, 9.17) is 0 Å². The molecule has 2 aromatic rings. The number of para-hydroxylation sites is 1. The zero-order valence-electron chi connectivity index (χ0n) is 15.1. The van der Waals surface area contributed by atoms with Gasteiger partial charge in [0.05, 0.1) is 6.04 Å². The lowest BCUT2D eigenvalue weighted by atomic mass is 9.97. The van der Waals surface area contributed by atoms with Crippen LogP contribution >= 0.6 is 0 Å². The van der Waals surface area contributed by atoms with Crippen LogP contribution < -0.4 is 5.32 Å². The molecule has 0 spiro atoms. The average molecular weight is 341 g/mol. The third kappa shape index (κ3) is 3.86. The maximum absolute atomic E-state index is 12.6. The smallest absolute Gasteiger partial charge is 0.223 e. The summed E-state index contributed by atoms with van der Waals surface area (Å²) in [7, 11) is 0.